The second kappa shape index (κ2) is 7.82. The van der Waals surface area contributed by atoms with Crippen molar-refractivity contribution in [3.63, 3.8) is 0 Å². The summed E-state index contributed by atoms with van der Waals surface area (Å²) in [7, 11) is 1.55. The molecule has 1 aromatic heterocycles. The van der Waals surface area contributed by atoms with Crippen LogP contribution in [0.5, 0.6) is 5.88 Å². The van der Waals surface area contributed by atoms with Crippen LogP contribution in [0.2, 0.25) is 0 Å². The van der Waals surface area contributed by atoms with Crippen molar-refractivity contribution in [1.82, 2.24) is 15.2 Å². The molecular formula is C19H25N3O5. The van der Waals surface area contributed by atoms with Gasteiger partial charge in [0.05, 0.1) is 44.7 Å². The van der Waals surface area contributed by atoms with E-state index >= 15 is 0 Å². The number of methoxy groups -OCH3 is 1. The van der Waals surface area contributed by atoms with Gasteiger partial charge in [-0.05, 0) is 18.9 Å². The molecule has 0 spiro atoms. The summed E-state index contributed by atoms with van der Waals surface area (Å²) in [6, 6.07) is 2.11. The monoisotopic (exact) mass is 375 g/mol. The molecule has 146 valence electrons. The number of nitrogens with zero attached hydrogens (tertiary/aromatic N) is 2. The number of amides is 2. The molecule has 0 aromatic carbocycles. The lowest BCUT2D eigenvalue weighted by Crippen LogP contribution is -2.42. The first kappa shape index (κ1) is 18.2. The first-order valence-corrected chi connectivity index (χ1v) is 9.52. The third-order valence-electron chi connectivity index (χ3n) is 5.47. The molecule has 1 N–H and O–H groups in total. The minimum Gasteiger partial charge on any atom is -0.481 e. The van der Waals surface area contributed by atoms with Crippen molar-refractivity contribution in [2.75, 3.05) is 26.9 Å². The summed E-state index contributed by atoms with van der Waals surface area (Å²) in [5.41, 5.74) is 2.05. The lowest BCUT2D eigenvalue weighted by molar-refractivity contribution is -0.147. The molecule has 0 bridgehead atoms. The van der Waals surface area contributed by atoms with E-state index in [1.54, 1.807) is 13.2 Å². The van der Waals surface area contributed by atoms with E-state index in [1.165, 1.54) is 12.8 Å². The van der Waals surface area contributed by atoms with Crippen molar-refractivity contribution in [2.24, 2.45) is 0 Å². The van der Waals surface area contributed by atoms with E-state index in [4.69, 9.17) is 14.2 Å². The maximum atomic E-state index is 12.8. The van der Waals surface area contributed by atoms with E-state index in [1.807, 2.05) is 4.90 Å². The molecule has 1 atom stereocenters. The molecule has 27 heavy (non-hydrogen) atoms. The van der Waals surface area contributed by atoms with E-state index in [0.29, 0.717) is 42.8 Å². The fraction of sp³-hybridized carbons (Fsp3) is 0.632. The van der Waals surface area contributed by atoms with Crippen molar-refractivity contribution in [1.29, 1.82) is 0 Å². The fourth-order valence-electron chi connectivity index (χ4n) is 4.02. The average molecular weight is 375 g/mol. The number of fused-ring (bicyclic) bond motifs is 1. The van der Waals surface area contributed by atoms with Gasteiger partial charge in [0.15, 0.2) is 6.10 Å². The summed E-state index contributed by atoms with van der Waals surface area (Å²) >= 11 is 0. The average Bonchev–Trinajstić information content (AvgIpc) is 3.34. The summed E-state index contributed by atoms with van der Waals surface area (Å²) in [6.45, 7) is 1.92. The summed E-state index contributed by atoms with van der Waals surface area (Å²) in [5, 5.41) is 2.83. The van der Waals surface area contributed by atoms with Crippen molar-refractivity contribution >= 4 is 11.8 Å². The standard InChI is InChI=1S/C19H25N3O5/c1-25-18-12(9-20-17(23)16-11-26-6-7-27-16)8-14-15(21-18)10-22(19(14)24)13-4-2-3-5-13/h8,13,16H,2-7,9-11H2,1H3,(H,20,23)/t16-/m0/s1. The largest absolute Gasteiger partial charge is 0.481 e. The van der Waals surface area contributed by atoms with Crippen LogP contribution < -0.4 is 10.1 Å². The molecule has 2 fully saturated rings. The van der Waals surface area contributed by atoms with Crippen LogP contribution in [0.15, 0.2) is 6.07 Å². The quantitative estimate of drug-likeness (QED) is 0.826. The minimum atomic E-state index is -0.605. The van der Waals surface area contributed by atoms with Gasteiger partial charge in [-0.2, -0.15) is 0 Å². The predicted molar refractivity (Wildman–Crippen MR) is 95.3 cm³/mol. The first-order chi connectivity index (χ1) is 13.2. The Morgan fingerprint density at radius 3 is 2.89 bits per heavy atom. The lowest BCUT2D eigenvalue weighted by Gasteiger charge is -2.22. The molecule has 3 aliphatic rings. The highest BCUT2D eigenvalue weighted by atomic mass is 16.6. The maximum absolute atomic E-state index is 12.8. The van der Waals surface area contributed by atoms with Crippen LogP contribution in [0.4, 0.5) is 0 Å². The van der Waals surface area contributed by atoms with Crippen LogP contribution in [-0.2, 0) is 27.4 Å². The first-order valence-electron chi connectivity index (χ1n) is 9.52. The summed E-state index contributed by atoms with van der Waals surface area (Å²) in [5.74, 6) is 0.232. The van der Waals surface area contributed by atoms with E-state index in [0.717, 1.165) is 18.5 Å². The Hall–Kier alpha value is -2.19. The van der Waals surface area contributed by atoms with Crippen molar-refractivity contribution < 1.29 is 23.8 Å². The van der Waals surface area contributed by atoms with Gasteiger partial charge < -0.3 is 24.4 Å². The SMILES string of the molecule is COc1nc2c(cc1CNC(=O)[C@@H]1COCCO1)C(=O)N(C1CCCC1)C2. The molecule has 2 amide bonds. The molecule has 1 aliphatic carbocycles. The minimum absolute atomic E-state index is 0.0312. The highest BCUT2D eigenvalue weighted by molar-refractivity contribution is 5.98. The van der Waals surface area contributed by atoms with Gasteiger partial charge in [-0.15, -0.1) is 0 Å². The second-order valence-electron chi connectivity index (χ2n) is 7.17. The number of carbonyl (C=O) groups excluding carboxylic acids is 2. The van der Waals surface area contributed by atoms with Crippen LogP contribution in [0.3, 0.4) is 0 Å². The number of hydrogen-bond donors (Lipinski definition) is 1. The Kier molecular flexibility index (Phi) is 5.27. The van der Waals surface area contributed by atoms with Crippen molar-refractivity contribution in [3.05, 3.63) is 22.9 Å². The summed E-state index contributed by atoms with van der Waals surface area (Å²) in [4.78, 5) is 31.6. The number of nitrogens with one attached hydrogen (secondary N) is 1. The van der Waals surface area contributed by atoms with Gasteiger partial charge in [-0.3, -0.25) is 9.59 Å². The normalized spacial score (nSPS) is 22.8. The molecule has 1 saturated heterocycles. The molecular weight excluding hydrogens is 350 g/mol. The number of pyridine rings is 1. The van der Waals surface area contributed by atoms with Gasteiger partial charge in [0.1, 0.15) is 0 Å². The maximum Gasteiger partial charge on any atom is 0.256 e. The Balaban J connectivity index is 1.47. The van der Waals surface area contributed by atoms with Crippen LogP contribution in [0.25, 0.3) is 0 Å². The van der Waals surface area contributed by atoms with Gasteiger partial charge in [0.25, 0.3) is 11.8 Å². The van der Waals surface area contributed by atoms with E-state index in [-0.39, 0.29) is 25.0 Å². The topological polar surface area (TPSA) is 90.0 Å². The predicted octanol–water partition coefficient (Wildman–Crippen LogP) is 1.02. The van der Waals surface area contributed by atoms with Crippen LogP contribution in [0.1, 0.15) is 47.3 Å². The second-order valence-corrected chi connectivity index (χ2v) is 7.17. The molecule has 3 heterocycles. The number of ether oxygens (including phenoxy) is 3. The Labute approximate surface area is 158 Å². The highest BCUT2D eigenvalue weighted by Gasteiger charge is 2.36. The number of rotatable bonds is 5. The van der Waals surface area contributed by atoms with Crippen LogP contribution in [0, 0.1) is 0 Å². The zero-order valence-corrected chi connectivity index (χ0v) is 15.5. The molecule has 2 aliphatic heterocycles. The summed E-state index contributed by atoms with van der Waals surface area (Å²) < 4.78 is 16.1. The van der Waals surface area contributed by atoms with Crippen molar-refractivity contribution in [2.45, 2.75) is 50.9 Å². The number of aromatic nitrogens is 1. The Morgan fingerprint density at radius 1 is 1.37 bits per heavy atom. The van der Waals surface area contributed by atoms with Gasteiger partial charge >= 0.3 is 0 Å². The van der Waals surface area contributed by atoms with E-state index in [9.17, 15) is 9.59 Å². The Morgan fingerprint density at radius 2 is 2.19 bits per heavy atom. The van der Waals surface area contributed by atoms with Crippen LogP contribution >= 0.6 is 0 Å². The molecule has 0 radical (unpaired) electrons. The van der Waals surface area contributed by atoms with Gasteiger partial charge in [-0.25, -0.2) is 4.98 Å². The molecule has 4 rings (SSSR count). The van der Waals surface area contributed by atoms with Crippen LogP contribution in [-0.4, -0.2) is 60.8 Å². The Bertz CT molecular complexity index is 726. The van der Waals surface area contributed by atoms with Crippen molar-refractivity contribution in [3.8, 4) is 5.88 Å². The molecule has 1 aromatic rings. The van der Waals surface area contributed by atoms with E-state index < -0.39 is 6.10 Å². The van der Waals surface area contributed by atoms with Gasteiger partial charge in [-0.1, -0.05) is 12.8 Å². The van der Waals surface area contributed by atoms with Gasteiger partial charge in [0.2, 0.25) is 5.88 Å². The fourth-order valence-corrected chi connectivity index (χ4v) is 4.02. The number of carbonyl (C=O) groups is 2. The van der Waals surface area contributed by atoms with Gasteiger partial charge in [0, 0.05) is 18.2 Å². The van der Waals surface area contributed by atoms with E-state index in [2.05, 4.69) is 10.3 Å². The third-order valence-corrected chi connectivity index (χ3v) is 5.47. The lowest BCUT2D eigenvalue weighted by atomic mass is 10.1. The smallest absolute Gasteiger partial charge is 0.256 e. The number of hydrogen-bond acceptors (Lipinski definition) is 6. The molecule has 8 heteroatoms. The molecule has 1 saturated carbocycles. The molecule has 0 unspecified atom stereocenters. The highest BCUT2D eigenvalue weighted by Crippen LogP contribution is 2.33. The molecule has 8 nitrogen and oxygen atoms in total. The zero-order chi connectivity index (χ0) is 18.8. The summed E-state index contributed by atoms with van der Waals surface area (Å²) in [6.07, 6.45) is 3.86. The zero-order valence-electron chi connectivity index (χ0n) is 15.5. The third kappa shape index (κ3) is 3.64.